The van der Waals surface area contributed by atoms with Crippen LogP contribution in [-0.4, -0.2) is 44.3 Å². The zero-order valence-corrected chi connectivity index (χ0v) is 17.5. The van der Waals surface area contributed by atoms with Crippen molar-refractivity contribution < 1.29 is 14.3 Å². The number of nitrogens with one attached hydrogen (secondary N) is 1. The summed E-state index contributed by atoms with van der Waals surface area (Å²) in [5, 5.41) is 2.96. The van der Waals surface area contributed by atoms with Gasteiger partial charge in [0.15, 0.2) is 5.78 Å². The first-order valence-corrected chi connectivity index (χ1v) is 9.80. The Morgan fingerprint density at radius 1 is 1.15 bits per heavy atom. The van der Waals surface area contributed by atoms with Crippen LogP contribution in [0, 0.1) is 13.8 Å². The number of hydrogen-bond acceptors (Lipinski definition) is 5. The topological polar surface area (TPSA) is 58.6 Å². The molecular formula is C21H28N2O3S. The maximum Gasteiger partial charge on any atom is 0.220 e. The number of aryl methyl sites for hydroxylation is 2. The highest BCUT2D eigenvalue weighted by atomic mass is 32.1. The number of thiophene rings is 1. The van der Waals surface area contributed by atoms with Crippen molar-refractivity contribution in [2.24, 2.45) is 0 Å². The molecule has 1 aromatic heterocycles. The first kappa shape index (κ1) is 21.1. The molecule has 0 aliphatic rings. The molecule has 1 atom stereocenters. The number of Topliss-reactive ketones (excluding diaryl/α,β-unsaturated/α-hetero) is 1. The van der Waals surface area contributed by atoms with Crippen molar-refractivity contribution in [3.8, 4) is 5.75 Å². The third kappa shape index (κ3) is 5.91. The summed E-state index contributed by atoms with van der Waals surface area (Å²) in [6.45, 7) is 4.42. The first-order chi connectivity index (χ1) is 12.8. The molecule has 1 N–H and O–H groups in total. The summed E-state index contributed by atoms with van der Waals surface area (Å²) in [6.07, 6.45) is 0.438. The van der Waals surface area contributed by atoms with E-state index in [4.69, 9.17) is 4.74 Å². The third-order valence-electron chi connectivity index (χ3n) is 4.54. The summed E-state index contributed by atoms with van der Waals surface area (Å²) in [5.74, 6) is 0.734. The highest BCUT2D eigenvalue weighted by molar-refractivity contribution is 7.12. The number of nitrogens with zero attached hydrogens (tertiary/aromatic N) is 1. The van der Waals surface area contributed by atoms with Crippen molar-refractivity contribution in [2.75, 3.05) is 27.7 Å². The number of hydrogen-bond donors (Lipinski definition) is 1. The van der Waals surface area contributed by atoms with Gasteiger partial charge in [-0.3, -0.25) is 9.59 Å². The number of ether oxygens (including phenoxy) is 1. The average molecular weight is 389 g/mol. The van der Waals surface area contributed by atoms with Crippen LogP contribution >= 0.6 is 11.3 Å². The van der Waals surface area contributed by atoms with Crippen LogP contribution in [0.1, 0.15) is 44.6 Å². The van der Waals surface area contributed by atoms with Crippen LogP contribution in [0.5, 0.6) is 5.75 Å². The van der Waals surface area contributed by atoms with E-state index in [0.717, 1.165) is 26.6 Å². The second kappa shape index (κ2) is 9.67. The molecule has 2 aromatic rings. The fraction of sp³-hybridized carbons (Fsp3) is 0.429. The van der Waals surface area contributed by atoms with Crippen molar-refractivity contribution >= 4 is 23.0 Å². The zero-order chi connectivity index (χ0) is 20.0. The Morgan fingerprint density at radius 2 is 1.81 bits per heavy atom. The van der Waals surface area contributed by atoms with Crippen LogP contribution in [-0.2, 0) is 4.79 Å². The standard InChI is InChI=1S/C21H28N2O3S/c1-14-12-18(15(2)27-14)20(24)10-11-21(25)22-13-19(23(3)4)16-6-8-17(26-5)9-7-16/h6-9,12,19H,10-11,13H2,1-5H3,(H,22,25). The minimum atomic E-state index is -0.103. The fourth-order valence-electron chi connectivity index (χ4n) is 2.99. The van der Waals surface area contributed by atoms with Gasteiger partial charge in [-0.1, -0.05) is 12.1 Å². The molecule has 0 saturated carbocycles. The molecular weight excluding hydrogens is 360 g/mol. The summed E-state index contributed by atoms with van der Waals surface area (Å²) < 4.78 is 5.19. The predicted octanol–water partition coefficient (Wildman–Crippen LogP) is 3.76. The van der Waals surface area contributed by atoms with E-state index in [1.54, 1.807) is 18.4 Å². The van der Waals surface area contributed by atoms with Crippen molar-refractivity contribution in [1.29, 1.82) is 0 Å². The van der Waals surface area contributed by atoms with Gasteiger partial charge < -0.3 is 15.0 Å². The Kier molecular flexibility index (Phi) is 7.56. The summed E-state index contributed by atoms with van der Waals surface area (Å²) in [6, 6.07) is 9.79. The molecule has 1 heterocycles. The highest BCUT2D eigenvalue weighted by Crippen LogP contribution is 2.23. The van der Waals surface area contributed by atoms with Gasteiger partial charge in [0.2, 0.25) is 5.91 Å². The Hall–Kier alpha value is -2.18. The Labute approximate surface area is 165 Å². The normalized spacial score (nSPS) is 12.1. The average Bonchev–Trinajstić information content (AvgIpc) is 2.98. The molecule has 27 heavy (non-hydrogen) atoms. The lowest BCUT2D eigenvalue weighted by Gasteiger charge is -2.25. The molecule has 0 fully saturated rings. The van der Waals surface area contributed by atoms with Gasteiger partial charge in [-0.15, -0.1) is 11.3 Å². The van der Waals surface area contributed by atoms with Crippen LogP contribution in [0.2, 0.25) is 0 Å². The van der Waals surface area contributed by atoms with Crippen molar-refractivity contribution in [2.45, 2.75) is 32.7 Å². The number of rotatable bonds is 9. The van der Waals surface area contributed by atoms with Gasteiger partial charge in [-0.05, 0) is 51.7 Å². The maximum absolute atomic E-state index is 12.3. The third-order valence-corrected chi connectivity index (χ3v) is 5.50. The van der Waals surface area contributed by atoms with Gasteiger partial charge in [0.05, 0.1) is 13.2 Å². The Balaban J connectivity index is 1.88. The molecule has 146 valence electrons. The van der Waals surface area contributed by atoms with Crippen LogP contribution in [0.3, 0.4) is 0 Å². The first-order valence-electron chi connectivity index (χ1n) is 8.99. The molecule has 0 aliphatic carbocycles. The van der Waals surface area contributed by atoms with E-state index in [1.807, 2.05) is 58.3 Å². The van der Waals surface area contributed by atoms with Crippen LogP contribution < -0.4 is 10.1 Å². The highest BCUT2D eigenvalue weighted by Gasteiger charge is 2.17. The lowest BCUT2D eigenvalue weighted by molar-refractivity contribution is -0.121. The molecule has 1 aromatic carbocycles. The Morgan fingerprint density at radius 3 is 2.33 bits per heavy atom. The molecule has 0 saturated heterocycles. The molecule has 0 radical (unpaired) electrons. The molecule has 0 spiro atoms. The van der Waals surface area contributed by atoms with Gasteiger partial charge >= 0.3 is 0 Å². The summed E-state index contributed by atoms with van der Waals surface area (Å²) in [7, 11) is 5.59. The quantitative estimate of drug-likeness (QED) is 0.665. The largest absolute Gasteiger partial charge is 0.497 e. The van der Waals surface area contributed by atoms with E-state index in [0.29, 0.717) is 6.54 Å². The van der Waals surface area contributed by atoms with Crippen molar-refractivity contribution in [3.05, 3.63) is 51.2 Å². The second-order valence-electron chi connectivity index (χ2n) is 6.81. The number of carbonyl (C=O) groups excluding carboxylic acids is 2. The molecule has 2 rings (SSSR count). The van der Waals surface area contributed by atoms with E-state index in [9.17, 15) is 9.59 Å². The second-order valence-corrected chi connectivity index (χ2v) is 8.27. The SMILES string of the molecule is COc1ccc(C(CNC(=O)CCC(=O)c2cc(C)sc2C)N(C)C)cc1. The van der Waals surface area contributed by atoms with E-state index < -0.39 is 0 Å². The number of benzene rings is 1. The van der Waals surface area contributed by atoms with Crippen LogP contribution in [0.4, 0.5) is 0 Å². The zero-order valence-electron chi connectivity index (χ0n) is 16.7. The number of methoxy groups -OCH3 is 1. The predicted molar refractivity (Wildman–Crippen MR) is 110 cm³/mol. The van der Waals surface area contributed by atoms with Gasteiger partial charge in [-0.25, -0.2) is 0 Å². The minimum Gasteiger partial charge on any atom is -0.497 e. The number of likely N-dealkylation sites (N-methyl/N-ethyl adjacent to an activating group) is 1. The van der Waals surface area contributed by atoms with Gasteiger partial charge in [-0.2, -0.15) is 0 Å². The summed E-state index contributed by atoms with van der Waals surface area (Å²) in [4.78, 5) is 28.7. The lowest BCUT2D eigenvalue weighted by atomic mass is 10.0. The molecule has 1 amide bonds. The molecule has 1 unspecified atom stereocenters. The Bertz CT molecular complexity index is 781. The smallest absolute Gasteiger partial charge is 0.220 e. The van der Waals surface area contributed by atoms with Crippen molar-refractivity contribution in [1.82, 2.24) is 10.2 Å². The van der Waals surface area contributed by atoms with Gasteiger partial charge in [0.25, 0.3) is 0 Å². The summed E-state index contributed by atoms with van der Waals surface area (Å²) >= 11 is 1.61. The number of ketones is 1. The molecule has 6 heteroatoms. The lowest BCUT2D eigenvalue weighted by Crippen LogP contribution is -2.34. The number of amides is 1. The monoisotopic (exact) mass is 388 g/mol. The summed E-state index contributed by atoms with van der Waals surface area (Å²) in [5.41, 5.74) is 1.84. The molecule has 0 bridgehead atoms. The minimum absolute atomic E-state index is 0.0336. The molecule has 5 nitrogen and oxygen atoms in total. The maximum atomic E-state index is 12.3. The van der Waals surface area contributed by atoms with Crippen molar-refractivity contribution in [3.63, 3.8) is 0 Å². The fourth-order valence-corrected chi connectivity index (χ4v) is 3.94. The van der Waals surface area contributed by atoms with Crippen LogP contribution in [0.25, 0.3) is 0 Å². The van der Waals surface area contributed by atoms with E-state index in [1.165, 1.54) is 0 Å². The molecule has 0 aliphatic heterocycles. The van der Waals surface area contributed by atoms with Crippen LogP contribution in [0.15, 0.2) is 30.3 Å². The van der Waals surface area contributed by atoms with E-state index in [2.05, 4.69) is 10.2 Å². The van der Waals surface area contributed by atoms with E-state index >= 15 is 0 Å². The van der Waals surface area contributed by atoms with E-state index in [-0.39, 0.29) is 30.6 Å². The van der Waals surface area contributed by atoms with Gasteiger partial charge in [0.1, 0.15) is 5.75 Å². The number of carbonyl (C=O) groups is 2. The van der Waals surface area contributed by atoms with Gasteiger partial charge in [0, 0.05) is 34.7 Å².